The summed E-state index contributed by atoms with van der Waals surface area (Å²) in [6.45, 7) is 8.18. The van der Waals surface area contributed by atoms with Crippen molar-refractivity contribution in [3.05, 3.63) is 117 Å². The first-order valence-electron chi connectivity index (χ1n) is 21.4. The second-order valence-electron chi connectivity index (χ2n) is 17.5. The number of aromatic amines is 1. The van der Waals surface area contributed by atoms with E-state index in [9.17, 15) is 36.5 Å². The monoisotopic (exact) mass is 919 g/mol. The number of hydrogen-bond donors (Lipinski definition) is 3. The number of allylic oxidation sites excluding steroid dienone is 1. The number of nitro benzene ring substituents is 1. The lowest BCUT2D eigenvalue weighted by Crippen LogP contribution is -2.47. The molecule has 5 aromatic rings. The topological polar surface area (TPSA) is 172 Å². The number of aromatic nitrogens is 2. The normalized spacial score (nSPS) is 17.6. The summed E-state index contributed by atoms with van der Waals surface area (Å²) in [5.41, 5.74) is 1.32. The number of anilines is 2. The second kappa shape index (κ2) is 18.4. The molecular formula is C46H49F4N7O7S. The van der Waals surface area contributed by atoms with Crippen LogP contribution in [0, 0.1) is 27.3 Å². The summed E-state index contributed by atoms with van der Waals surface area (Å²) in [6, 6.07) is 14.5. The third kappa shape index (κ3) is 10.4. The van der Waals surface area contributed by atoms with Crippen LogP contribution < -0.4 is 19.7 Å². The summed E-state index contributed by atoms with van der Waals surface area (Å²) in [4.78, 5) is 36.7. The molecule has 3 N–H and O–H groups in total. The maximum absolute atomic E-state index is 15.4. The number of H-pyrrole nitrogens is 1. The smallest absolute Gasteiger partial charge is 0.416 e. The Balaban J connectivity index is 1.04. The molecule has 3 aromatic carbocycles. The van der Waals surface area contributed by atoms with Crippen LogP contribution in [0.25, 0.3) is 16.6 Å². The van der Waals surface area contributed by atoms with E-state index in [1.807, 2.05) is 4.90 Å². The lowest BCUT2D eigenvalue weighted by atomic mass is 9.72. The Morgan fingerprint density at radius 2 is 1.82 bits per heavy atom. The number of hydrogen-bond acceptors (Lipinski definition) is 11. The Kier molecular flexibility index (Phi) is 12.9. The molecule has 0 atom stereocenters. The number of sulfonamides is 1. The van der Waals surface area contributed by atoms with Gasteiger partial charge in [0.1, 0.15) is 22.9 Å². The standard InChI is InChI=1S/C46H49F4N7O7S/c1-45(2)14-10-31(37(25-45)35-8-6-32(23-38(35)47)46(48,49)50)28-55-16-18-56(19-17-55)40-5-3-4-36(42(40)64-33-22-30-11-15-51-43(30)53-27-33)44(58)54-65(61,62)34-7-9-39(41(24-34)57(59)60)52-26-29-12-20-63-21-13-29/h3-9,11,15,22-24,27,29,52H,10,12-14,16-21,25-26,28H2,1-2H3,(H,51,53)(H,54,58). The number of para-hydroxylation sites is 1. The third-order valence-electron chi connectivity index (χ3n) is 12.4. The Morgan fingerprint density at radius 3 is 2.54 bits per heavy atom. The minimum atomic E-state index is -4.66. The van der Waals surface area contributed by atoms with Crippen molar-refractivity contribution in [2.75, 3.05) is 62.7 Å². The van der Waals surface area contributed by atoms with E-state index in [0.717, 1.165) is 47.9 Å². The molecule has 2 aromatic heterocycles. The third-order valence-corrected chi connectivity index (χ3v) is 13.7. The summed E-state index contributed by atoms with van der Waals surface area (Å²) in [5, 5.41) is 15.9. The van der Waals surface area contributed by atoms with Crippen molar-refractivity contribution in [2.45, 2.75) is 57.0 Å². The highest BCUT2D eigenvalue weighted by Crippen LogP contribution is 2.45. The average Bonchev–Trinajstić information content (AvgIpc) is 3.74. The van der Waals surface area contributed by atoms with Crippen molar-refractivity contribution in [3.8, 4) is 11.5 Å². The number of nitro groups is 1. The van der Waals surface area contributed by atoms with Gasteiger partial charge in [-0.25, -0.2) is 22.5 Å². The fraction of sp³-hybridized carbons (Fsp3) is 0.391. The van der Waals surface area contributed by atoms with Gasteiger partial charge in [-0.3, -0.25) is 19.8 Å². The number of rotatable bonds is 13. The van der Waals surface area contributed by atoms with E-state index in [1.165, 1.54) is 30.5 Å². The number of halogens is 4. The van der Waals surface area contributed by atoms with Crippen LogP contribution in [-0.4, -0.2) is 86.6 Å². The number of pyridine rings is 1. The molecule has 65 heavy (non-hydrogen) atoms. The van der Waals surface area contributed by atoms with Crippen LogP contribution in [0.3, 0.4) is 0 Å². The number of ether oxygens (including phenoxy) is 2. The number of carbonyl (C=O) groups excluding carboxylic acids is 1. The molecule has 0 spiro atoms. The van der Waals surface area contributed by atoms with Crippen LogP contribution in [-0.2, 0) is 20.9 Å². The van der Waals surface area contributed by atoms with E-state index in [1.54, 1.807) is 30.5 Å². The van der Waals surface area contributed by atoms with Gasteiger partial charge in [0.15, 0.2) is 5.75 Å². The number of piperazine rings is 1. The number of fused-ring (bicyclic) bond motifs is 1. The van der Waals surface area contributed by atoms with E-state index in [4.69, 9.17) is 9.47 Å². The van der Waals surface area contributed by atoms with Gasteiger partial charge in [-0.15, -0.1) is 0 Å². The van der Waals surface area contributed by atoms with Gasteiger partial charge in [0, 0.05) is 75.7 Å². The molecule has 2 fully saturated rings. The molecule has 2 aliphatic heterocycles. The molecular weight excluding hydrogens is 871 g/mol. The van der Waals surface area contributed by atoms with Gasteiger partial charge >= 0.3 is 6.18 Å². The van der Waals surface area contributed by atoms with Crippen molar-refractivity contribution in [1.82, 2.24) is 19.6 Å². The molecule has 0 bridgehead atoms. The number of carbonyl (C=O) groups is 1. The number of nitrogens with one attached hydrogen (secondary N) is 3. The minimum Gasteiger partial charge on any atom is -0.453 e. The summed E-state index contributed by atoms with van der Waals surface area (Å²) in [5.74, 6) is -1.37. The molecule has 14 nitrogen and oxygen atoms in total. The Bertz CT molecular complexity index is 2750. The van der Waals surface area contributed by atoms with Gasteiger partial charge in [0.25, 0.3) is 21.6 Å². The quantitative estimate of drug-likeness (QED) is 0.0584. The summed E-state index contributed by atoms with van der Waals surface area (Å²) in [7, 11) is -4.65. The Labute approximate surface area is 373 Å². The lowest BCUT2D eigenvalue weighted by molar-refractivity contribution is -0.384. The molecule has 344 valence electrons. The molecule has 1 amide bonds. The fourth-order valence-electron chi connectivity index (χ4n) is 8.72. The Morgan fingerprint density at radius 1 is 1.05 bits per heavy atom. The summed E-state index contributed by atoms with van der Waals surface area (Å²) in [6.07, 6.45) is 2.10. The number of benzene rings is 3. The van der Waals surface area contributed by atoms with Crippen molar-refractivity contribution >= 4 is 49.6 Å². The molecule has 0 unspecified atom stereocenters. The molecule has 8 rings (SSSR count). The van der Waals surface area contributed by atoms with Crippen LogP contribution in [0.15, 0.2) is 89.6 Å². The maximum atomic E-state index is 15.4. The van der Waals surface area contributed by atoms with E-state index in [2.05, 4.69) is 38.8 Å². The van der Waals surface area contributed by atoms with E-state index < -0.39 is 49.0 Å². The minimum absolute atomic E-state index is 0.0567. The van der Waals surface area contributed by atoms with Crippen molar-refractivity contribution in [1.29, 1.82) is 0 Å². The van der Waals surface area contributed by atoms with Crippen LogP contribution in [0.2, 0.25) is 0 Å². The van der Waals surface area contributed by atoms with Crippen molar-refractivity contribution in [3.63, 3.8) is 0 Å². The van der Waals surface area contributed by atoms with Crippen LogP contribution >= 0.6 is 0 Å². The molecule has 3 aliphatic rings. The summed E-state index contributed by atoms with van der Waals surface area (Å²) >= 11 is 0. The predicted molar refractivity (Wildman–Crippen MR) is 237 cm³/mol. The molecule has 0 radical (unpaired) electrons. The van der Waals surface area contributed by atoms with Gasteiger partial charge in [0.2, 0.25) is 0 Å². The number of nitrogens with zero attached hydrogens (tertiary/aromatic N) is 4. The zero-order valence-corrected chi connectivity index (χ0v) is 36.7. The fourth-order valence-corrected chi connectivity index (χ4v) is 9.70. The predicted octanol–water partition coefficient (Wildman–Crippen LogP) is 9.16. The number of alkyl halides is 3. The van der Waals surface area contributed by atoms with Crippen LogP contribution in [0.5, 0.6) is 11.5 Å². The van der Waals surface area contributed by atoms with Crippen LogP contribution in [0.4, 0.5) is 34.6 Å². The Hall–Kier alpha value is -6.05. The molecule has 4 heterocycles. The number of amides is 1. The molecule has 0 saturated carbocycles. The van der Waals surface area contributed by atoms with E-state index >= 15 is 4.39 Å². The zero-order chi connectivity index (χ0) is 46.1. The maximum Gasteiger partial charge on any atom is 0.416 e. The molecule has 2 saturated heterocycles. The highest BCUT2D eigenvalue weighted by atomic mass is 32.2. The van der Waals surface area contributed by atoms with Gasteiger partial charge in [-0.05, 0) is 97.5 Å². The lowest BCUT2D eigenvalue weighted by Gasteiger charge is -2.39. The van der Waals surface area contributed by atoms with E-state index in [0.29, 0.717) is 82.7 Å². The van der Waals surface area contributed by atoms with Crippen molar-refractivity contribution < 1.29 is 45.2 Å². The van der Waals surface area contributed by atoms with Gasteiger partial charge in [0.05, 0.1) is 32.8 Å². The van der Waals surface area contributed by atoms with Gasteiger partial charge in [-0.2, -0.15) is 13.2 Å². The zero-order valence-electron chi connectivity index (χ0n) is 35.8. The first-order valence-corrected chi connectivity index (χ1v) is 22.9. The average molecular weight is 920 g/mol. The highest BCUT2D eigenvalue weighted by molar-refractivity contribution is 7.90. The van der Waals surface area contributed by atoms with Gasteiger partial charge < -0.3 is 24.7 Å². The SMILES string of the molecule is CC1(C)CCC(CN2CCN(c3cccc(C(=O)NS(=O)(=O)c4ccc(NCC5CCOCC5)c([N+](=O)[O-])c4)c3Oc3cnc4[nH]ccc4c3)CC2)=C(c2ccc(C(F)(F)F)cc2F)C1. The molecule has 19 heteroatoms. The van der Waals surface area contributed by atoms with Gasteiger partial charge in [-0.1, -0.05) is 31.6 Å². The first-order chi connectivity index (χ1) is 30.9. The first kappa shape index (κ1) is 45.5. The van der Waals surface area contributed by atoms with Crippen LogP contribution in [0.1, 0.15) is 67.4 Å². The molecule has 1 aliphatic carbocycles. The largest absolute Gasteiger partial charge is 0.453 e. The van der Waals surface area contributed by atoms with Crippen molar-refractivity contribution in [2.24, 2.45) is 11.3 Å². The van der Waals surface area contributed by atoms with E-state index in [-0.39, 0.29) is 39.6 Å². The second-order valence-corrected chi connectivity index (χ2v) is 19.2. The highest BCUT2D eigenvalue weighted by Gasteiger charge is 2.35. The summed E-state index contributed by atoms with van der Waals surface area (Å²) < 4.78 is 97.1.